The molecule has 12 nitrogen and oxygen atoms in total. The standard InChI is InChI=1S/C28H36N6O6/c1-6-33(14-17-7-9-18(10-8-17)26(36)29-4)27(37)20-13-30-25(31-20)21-11-19(35)15-34(21)28(38)24(16(2)3)22-12-23(39-5)32-40-22/h7-10,12-13,16,19,21,24,35H,6,11,14-15H2,1-5H3,(H,29,36)(H,30,31)/t19-,21+,24?/m1/s1. The van der Waals surface area contributed by atoms with Gasteiger partial charge in [0, 0.05) is 44.7 Å². The Morgan fingerprint density at radius 1 is 1.27 bits per heavy atom. The number of rotatable bonds is 10. The second-order valence-corrected chi connectivity index (χ2v) is 10.2. The first-order chi connectivity index (χ1) is 19.2. The first-order valence-corrected chi connectivity index (χ1v) is 13.3. The number of likely N-dealkylation sites (tertiary alicyclic amines) is 1. The largest absolute Gasteiger partial charge is 0.479 e. The van der Waals surface area contributed by atoms with E-state index in [0.29, 0.717) is 30.2 Å². The number of carbonyl (C=O) groups is 3. The zero-order chi connectivity index (χ0) is 29.0. The summed E-state index contributed by atoms with van der Waals surface area (Å²) in [6.45, 7) is 6.64. The minimum Gasteiger partial charge on any atom is -0.479 e. The number of H-pyrrole nitrogens is 1. The smallest absolute Gasteiger partial charge is 0.272 e. The van der Waals surface area contributed by atoms with Crippen molar-refractivity contribution in [3.8, 4) is 5.88 Å². The van der Waals surface area contributed by atoms with Crippen LogP contribution in [0.4, 0.5) is 0 Å². The molecule has 0 radical (unpaired) electrons. The van der Waals surface area contributed by atoms with Gasteiger partial charge >= 0.3 is 0 Å². The van der Waals surface area contributed by atoms with Crippen molar-refractivity contribution in [2.45, 2.75) is 51.8 Å². The van der Waals surface area contributed by atoms with E-state index in [1.165, 1.54) is 13.3 Å². The second-order valence-electron chi connectivity index (χ2n) is 10.2. The average molecular weight is 553 g/mol. The lowest BCUT2D eigenvalue weighted by molar-refractivity contribution is -0.135. The molecule has 1 unspecified atom stereocenters. The molecule has 0 spiro atoms. The predicted octanol–water partition coefficient (Wildman–Crippen LogP) is 2.50. The van der Waals surface area contributed by atoms with Gasteiger partial charge in [-0.05, 0) is 35.7 Å². The van der Waals surface area contributed by atoms with Crippen LogP contribution >= 0.6 is 0 Å². The zero-order valence-corrected chi connectivity index (χ0v) is 23.4. The molecule has 0 aliphatic carbocycles. The Kier molecular flexibility index (Phi) is 8.88. The van der Waals surface area contributed by atoms with Crippen LogP contribution in [0.3, 0.4) is 0 Å². The lowest BCUT2D eigenvalue weighted by atomic mass is 9.91. The maximum atomic E-state index is 13.7. The summed E-state index contributed by atoms with van der Waals surface area (Å²) in [5, 5.41) is 16.9. The molecule has 1 aliphatic rings. The van der Waals surface area contributed by atoms with Crippen molar-refractivity contribution in [1.82, 2.24) is 30.2 Å². The normalized spacial score (nSPS) is 17.6. The van der Waals surface area contributed by atoms with Gasteiger partial charge in [-0.15, -0.1) is 0 Å². The summed E-state index contributed by atoms with van der Waals surface area (Å²) in [6, 6.07) is 8.13. The molecule has 3 heterocycles. The molecule has 1 aromatic carbocycles. The topological polar surface area (TPSA) is 154 Å². The highest BCUT2D eigenvalue weighted by atomic mass is 16.5. The Hall–Kier alpha value is -4.19. The van der Waals surface area contributed by atoms with Gasteiger partial charge in [-0.1, -0.05) is 26.0 Å². The number of hydrogen-bond acceptors (Lipinski definition) is 8. The fourth-order valence-corrected chi connectivity index (χ4v) is 4.98. The monoisotopic (exact) mass is 552 g/mol. The van der Waals surface area contributed by atoms with Crippen LogP contribution in [0.15, 0.2) is 41.1 Å². The Bertz CT molecular complexity index is 1330. The highest BCUT2D eigenvalue weighted by molar-refractivity contribution is 5.94. The highest BCUT2D eigenvalue weighted by Crippen LogP contribution is 2.37. The molecule has 3 aromatic rings. The lowest BCUT2D eigenvalue weighted by Gasteiger charge is -2.28. The van der Waals surface area contributed by atoms with Crippen molar-refractivity contribution in [3.63, 3.8) is 0 Å². The van der Waals surface area contributed by atoms with Crippen LogP contribution in [0.25, 0.3) is 0 Å². The van der Waals surface area contributed by atoms with Crippen LogP contribution in [0.5, 0.6) is 5.88 Å². The number of carbonyl (C=O) groups excluding carboxylic acids is 3. The molecule has 0 saturated carbocycles. The van der Waals surface area contributed by atoms with Crippen LogP contribution in [-0.2, 0) is 11.3 Å². The number of nitrogens with zero attached hydrogens (tertiary/aromatic N) is 4. The molecule has 1 aliphatic heterocycles. The van der Waals surface area contributed by atoms with Gasteiger partial charge in [0.25, 0.3) is 17.7 Å². The van der Waals surface area contributed by atoms with Crippen LogP contribution < -0.4 is 10.1 Å². The molecular formula is C28H36N6O6. The summed E-state index contributed by atoms with van der Waals surface area (Å²) in [5.74, 6) is -0.303. The van der Waals surface area contributed by atoms with Crippen molar-refractivity contribution in [2.75, 3.05) is 27.2 Å². The maximum Gasteiger partial charge on any atom is 0.272 e. The van der Waals surface area contributed by atoms with E-state index < -0.39 is 18.1 Å². The predicted molar refractivity (Wildman–Crippen MR) is 145 cm³/mol. The van der Waals surface area contributed by atoms with Gasteiger partial charge in [0.2, 0.25) is 5.91 Å². The Morgan fingerprint density at radius 2 is 2.00 bits per heavy atom. The van der Waals surface area contributed by atoms with Crippen LogP contribution in [-0.4, -0.2) is 81.1 Å². The van der Waals surface area contributed by atoms with Crippen molar-refractivity contribution in [3.05, 3.63) is 64.9 Å². The fraction of sp³-hybridized carbons (Fsp3) is 0.464. The van der Waals surface area contributed by atoms with Crippen LogP contribution in [0.2, 0.25) is 0 Å². The average Bonchev–Trinajstić information content (AvgIpc) is 3.71. The molecule has 0 bridgehead atoms. The zero-order valence-electron chi connectivity index (χ0n) is 23.4. The molecule has 40 heavy (non-hydrogen) atoms. The molecular weight excluding hydrogens is 516 g/mol. The summed E-state index contributed by atoms with van der Waals surface area (Å²) in [4.78, 5) is 49.7. The van der Waals surface area contributed by atoms with Gasteiger partial charge in [-0.25, -0.2) is 4.98 Å². The van der Waals surface area contributed by atoms with E-state index in [4.69, 9.17) is 9.26 Å². The number of hydrogen-bond donors (Lipinski definition) is 3. The number of aromatic amines is 1. The van der Waals surface area contributed by atoms with Gasteiger partial charge in [0.15, 0.2) is 5.76 Å². The molecule has 3 atom stereocenters. The first-order valence-electron chi connectivity index (χ1n) is 13.3. The third-order valence-corrected chi connectivity index (χ3v) is 7.14. The molecule has 1 saturated heterocycles. The number of nitrogens with one attached hydrogen (secondary N) is 2. The van der Waals surface area contributed by atoms with E-state index in [1.807, 2.05) is 32.9 Å². The van der Waals surface area contributed by atoms with Gasteiger partial charge in [0.1, 0.15) is 17.4 Å². The van der Waals surface area contributed by atoms with E-state index in [-0.39, 0.29) is 48.2 Å². The molecule has 4 rings (SSSR count). The second kappa shape index (κ2) is 12.3. The molecule has 1 fully saturated rings. The summed E-state index contributed by atoms with van der Waals surface area (Å²) in [6.07, 6.45) is 1.01. The first kappa shape index (κ1) is 28.8. The number of benzene rings is 1. The van der Waals surface area contributed by atoms with E-state index >= 15 is 0 Å². The summed E-state index contributed by atoms with van der Waals surface area (Å²) in [7, 11) is 3.05. The Morgan fingerprint density at radius 3 is 2.60 bits per heavy atom. The number of imidazole rings is 1. The number of aliphatic hydroxyl groups is 1. The van der Waals surface area contributed by atoms with E-state index in [1.54, 1.807) is 35.0 Å². The van der Waals surface area contributed by atoms with Crippen molar-refractivity contribution >= 4 is 17.7 Å². The minimum atomic E-state index is -0.736. The van der Waals surface area contributed by atoms with Crippen LogP contribution in [0.1, 0.15) is 77.1 Å². The molecule has 12 heteroatoms. The maximum absolute atomic E-state index is 13.7. The quantitative estimate of drug-likeness (QED) is 0.347. The number of aromatic nitrogens is 3. The summed E-state index contributed by atoms with van der Waals surface area (Å²) < 4.78 is 10.5. The Labute approximate surface area is 232 Å². The van der Waals surface area contributed by atoms with E-state index in [2.05, 4.69) is 20.4 Å². The van der Waals surface area contributed by atoms with Gasteiger partial charge < -0.3 is 34.5 Å². The van der Waals surface area contributed by atoms with Gasteiger partial charge in [-0.3, -0.25) is 14.4 Å². The van der Waals surface area contributed by atoms with Gasteiger partial charge in [0.05, 0.1) is 25.5 Å². The van der Waals surface area contributed by atoms with E-state index in [9.17, 15) is 19.5 Å². The number of amides is 3. The number of aliphatic hydroxyl groups excluding tert-OH is 1. The third-order valence-electron chi connectivity index (χ3n) is 7.14. The number of methoxy groups -OCH3 is 1. The molecule has 3 amide bonds. The Balaban J connectivity index is 1.51. The summed E-state index contributed by atoms with van der Waals surface area (Å²) in [5.41, 5.74) is 1.70. The number of ether oxygens (including phenoxy) is 1. The molecule has 2 aromatic heterocycles. The minimum absolute atomic E-state index is 0.110. The van der Waals surface area contributed by atoms with Crippen molar-refractivity contribution < 1.29 is 28.8 Å². The van der Waals surface area contributed by atoms with E-state index in [0.717, 1.165) is 5.56 Å². The van der Waals surface area contributed by atoms with Crippen molar-refractivity contribution in [1.29, 1.82) is 0 Å². The van der Waals surface area contributed by atoms with Crippen LogP contribution in [0, 0.1) is 5.92 Å². The SMILES string of the molecule is CCN(Cc1ccc(C(=O)NC)cc1)C(=O)c1cnc([C@@H]2C[C@@H](O)CN2C(=O)C(c2cc(OC)no2)C(C)C)[nH]1. The van der Waals surface area contributed by atoms with Gasteiger partial charge in [-0.2, -0.15) is 0 Å². The molecule has 3 N–H and O–H groups in total. The van der Waals surface area contributed by atoms with Crippen molar-refractivity contribution in [2.24, 2.45) is 5.92 Å². The summed E-state index contributed by atoms with van der Waals surface area (Å²) >= 11 is 0. The lowest BCUT2D eigenvalue weighted by Crippen LogP contribution is -2.37. The highest BCUT2D eigenvalue weighted by Gasteiger charge is 2.42. The number of β-amino-alcohol motifs (C(OH)–C–C–N with tert-alkyl or cyclic N) is 1. The third kappa shape index (κ3) is 6.01. The molecule has 214 valence electrons. The fourth-order valence-electron chi connectivity index (χ4n) is 4.98.